The molecule has 17 heavy (non-hydrogen) atoms. The van der Waals surface area contributed by atoms with Crippen LogP contribution in [-0.2, 0) is 6.54 Å². The highest BCUT2D eigenvalue weighted by molar-refractivity contribution is 9.10. The summed E-state index contributed by atoms with van der Waals surface area (Å²) < 4.78 is 3.21. The van der Waals surface area contributed by atoms with E-state index >= 15 is 0 Å². The molecule has 1 N–H and O–H groups in total. The molecular formula is C13H16BrN3. The number of rotatable bonds is 5. The van der Waals surface area contributed by atoms with Crippen LogP contribution in [0, 0.1) is 6.92 Å². The predicted molar refractivity (Wildman–Crippen MR) is 74.2 cm³/mol. The molecule has 0 atom stereocenters. The first kappa shape index (κ1) is 12.2. The Morgan fingerprint density at radius 1 is 1.41 bits per heavy atom. The topological polar surface area (TPSA) is 29.9 Å². The molecule has 1 heterocycles. The van der Waals surface area contributed by atoms with E-state index in [1.165, 1.54) is 5.56 Å². The third kappa shape index (κ3) is 3.60. The number of aryl methyl sites for hydroxylation is 2. The van der Waals surface area contributed by atoms with E-state index < -0.39 is 0 Å². The Labute approximate surface area is 110 Å². The van der Waals surface area contributed by atoms with Crippen LogP contribution in [-0.4, -0.2) is 16.1 Å². The lowest BCUT2D eigenvalue weighted by Crippen LogP contribution is -2.06. The van der Waals surface area contributed by atoms with Crippen molar-refractivity contribution in [2.24, 2.45) is 0 Å². The number of benzene rings is 1. The normalized spacial score (nSPS) is 10.5. The summed E-state index contributed by atoms with van der Waals surface area (Å²) >= 11 is 3.56. The first-order valence-electron chi connectivity index (χ1n) is 5.71. The van der Waals surface area contributed by atoms with Crippen molar-refractivity contribution in [1.29, 1.82) is 0 Å². The van der Waals surface area contributed by atoms with Gasteiger partial charge in [-0.1, -0.05) is 6.07 Å². The summed E-state index contributed by atoms with van der Waals surface area (Å²) in [5.74, 6) is 0. The van der Waals surface area contributed by atoms with Gasteiger partial charge in [0.2, 0.25) is 0 Å². The lowest BCUT2D eigenvalue weighted by Gasteiger charge is -2.09. The second kappa shape index (κ2) is 5.87. The Morgan fingerprint density at radius 2 is 2.29 bits per heavy atom. The quantitative estimate of drug-likeness (QED) is 0.856. The molecule has 0 aliphatic carbocycles. The molecule has 0 amide bonds. The van der Waals surface area contributed by atoms with Crippen LogP contribution in [0.25, 0.3) is 0 Å². The molecule has 90 valence electrons. The minimum atomic E-state index is 0.958. The minimum absolute atomic E-state index is 0.958. The monoisotopic (exact) mass is 293 g/mol. The van der Waals surface area contributed by atoms with Gasteiger partial charge in [-0.2, -0.15) is 0 Å². The molecule has 0 spiro atoms. The molecule has 0 fully saturated rings. The van der Waals surface area contributed by atoms with Crippen LogP contribution in [0.4, 0.5) is 5.69 Å². The number of anilines is 1. The SMILES string of the molecule is Cc1ccc(NCCCn2ccnc2)c(Br)c1. The van der Waals surface area contributed by atoms with E-state index in [4.69, 9.17) is 0 Å². The van der Waals surface area contributed by atoms with Crippen LogP contribution in [0.15, 0.2) is 41.4 Å². The largest absolute Gasteiger partial charge is 0.384 e. The van der Waals surface area contributed by atoms with Gasteiger partial charge in [0.25, 0.3) is 0 Å². The molecule has 0 radical (unpaired) electrons. The molecule has 1 aromatic carbocycles. The maximum Gasteiger partial charge on any atom is 0.0945 e. The molecule has 0 aliphatic rings. The van der Waals surface area contributed by atoms with Gasteiger partial charge >= 0.3 is 0 Å². The molecule has 0 saturated heterocycles. The van der Waals surface area contributed by atoms with Crippen molar-refractivity contribution in [3.05, 3.63) is 47.0 Å². The molecule has 1 aromatic heterocycles. The first-order chi connectivity index (χ1) is 8.25. The fraction of sp³-hybridized carbons (Fsp3) is 0.308. The smallest absolute Gasteiger partial charge is 0.0945 e. The summed E-state index contributed by atoms with van der Waals surface area (Å²) in [6.45, 7) is 4.05. The Morgan fingerprint density at radius 3 is 3.00 bits per heavy atom. The number of hydrogen-bond donors (Lipinski definition) is 1. The van der Waals surface area contributed by atoms with Gasteiger partial charge in [-0.3, -0.25) is 0 Å². The Bertz CT molecular complexity index is 466. The van der Waals surface area contributed by atoms with Crippen LogP contribution in [0.2, 0.25) is 0 Å². The van der Waals surface area contributed by atoms with Crippen molar-refractivity contribution in [2.45, 2.75) is 19.9 Å². The number of nitrogens with zero attached hydrogens (tertiary/aromatic N) is 2. The average Bonchev–Trinajstić information content (AvgIpc) is 2.79. The molecule has 0 saturated carbocycles. The Hall–Kier alpha value is -1.29. The highest BCUT2D eigenvalue weighted by Crippen LogP contribution is 2.23. The third-order valence-electron chi connectivity index (χ3n) is 2.59. The number of hydrogen-bond acceptors (Lipinski definition) is 2. The van der Waals surface area contributed by atoms with Gasteiger partial charge in [0, 0.05) is 35.6 Å². The molecule has 0 unspecified atom stereocenters. The maximum atomic E-state index is 4.02. The summed E-state index contributed by atoms with van der Waals surface area (Å²) in [6.07, 6.45) is 6.73. The van der Waals surface area contributed by atoms with Gasteiger partial charge in [0.1, 0.15) is 0 Å². The zero-order chi connectivity index (χ0) is 12.1. The minimum Gasteiger partial charge on any atom is -0.384 e. The van der Waals surface area contributed by atoms with Crippen molar-refractivity contribution in [1.82, 2.24) is 9.55 Å². The van der Waals surface area contributed by atoms with Crippen LogP contribution < -0.4 is 5.32 Å². The average molecular weight is 294 g/mol. The van der Waals surface area contributed by atoms with Crippen LogP contribution in [0.1, 0.15) is 12.0 Å². The van der Waals surface area contributed by atoms with Gasteiger partial charge in [-0.25, -0.2) is 4.98 Å². The summed E-state index contributed by atoms with van der Waals surface area (Å²) in [5, 5.41) is 3.42. The highest BCUT2D eigenvalue weighted by Gasteiger charge is 1.98. The van der Waals surface area contributed by atoms with E-state index in [-0.39, 0.29) is 0 Å². The van der Waals surface area contributed by atoms with Gasteiger partial charge < -0.3 is 9.88 Å². The lowest BCUT2D eigenvalue weighted by atomic mass is 10.2. The molecule has 2 rings (SSSR count). The van der Waals surface area contributed by atoms with Crippen LogP contribution in [0.5, 0.6) is 0 Å². The molecule has 4 heteroatoms. The zero-order valence-electron chi connectivity index (χ0n) is 9.86. The van der Waals surface area contributed by atoms with Gasteiger partial charge in [0.05, 0.1) is 6.33 Å². The van der Waals surface area contributed by atoms with Gasteiger partial charge in [-0.05, 0) is 47.0 Å². The highest BCUT2D eigenvalue weighted by atomic mass is 79.9. The van der Waals surface area contributed by atoms with E-state index in [1.54, 1.807) is 0 Å². The summed E-state index contributed by atoms with van der Waals surface area (Å²) in [7, 11) is 0. The summed E-state index contributed by atoms with van der Waals surface area (Å²) in [4.78, 5) is 4.02. The maximum absolute atomic E-state index is 4.02. The second-order valence-electron chi connectivity index (χ2n) is 4.06. The van der Waals surface area contributed by atoms with Crippen molar-refractivity contribution in [3.8, 4) is 0 Å². The van der Waals surface area contributed by atoms with Crippen molar-refractivity contribution in [3.63, 3.8) is 0 Å². The van der Waals surface area contributed by atoms with Crippen LogP contribution >= 0.6 is 15.9 Å². The van der Waals surface area contributed by atoms with E-state index in [0.717, 1.165) is 29.7 Å². The summed E-state index contributed by atoms with van der Waals surface area (Å²) in [6, 6.07) is 6.35. The standard InChI is InChI=1S/C13H16BrN3/c1-11-3-4-13(12(14)9-11)16-5-2-7-17-8-6-15-10-17/h3-4,6,8-10,16H,2,5,7H2,1H3. The van der Waals surface area contributed by atoms with Gasteiger partial charge in [-0.15, -0.1) is 0 Å². The predicted octanol–water partition coefficient (Wildman–Crippen LogP) is 3.46. The molecule has 0 aliphatic heterocycles. The van der Waals surface area contributed by atoms with Crippen molar-refractivity contribution in [2.75, 3.05) is 11.9 Å². The van der Waals surface area contributed by atoms with E-state index in [0.29, 0.717) is 0 Å². The zero-order valence-corrected chi connectivity index (χ0v) is 11.4. The number of nitrogens with one attached hydrogen (secondary N) is 1. The Kier molecular flexibility index (Phi) is 4.20. The molecule has 0 bridgehead atoms. The lowest BCUT2D eigenvalue weighted by molar-refractivity contribution is 0.660. The van der Waals surface area contributed by atoms with E-state index in [2.05, 4.69) is 55.9 Å². The first-order valence-corrected chi connectivity index (χ1v) is 6.51. The number of aromatic nitrogens is 2. The van der Waals surface area contributed by atoms with E-state index in [9.17, 15) is 0 Å². The third-order valence-corrected chi connectivity index (χ3v) is 3.25. The number of imidazole rings is 1. The fourth-order valence-corrected chi connectivity index (χ4v) is 2.30. The van der Waals surface area contributed by atoms with Gasteiger partial charge in [0.15, 0.2) is 0 Å². The molecular weight excluding hydrogens is 278 g/mol. The fourth-order valence-electron chi connectivity index (χ4n) is 1.67. The van der Waals surface area contributed by atoms with Crippen LogP contribution in [0.3, 0.4) is 0 Å². The molecule has 3 nitrogen and oxygen atoms in total. The molecule has 2 aromatic rings. The summed E-state index contributed by atoms with van der Waals surface area (Å²) in [5.41, 5.74) is 2.42. The second-order valence-corrected chi connectivity index (χ2v) is 4.92. The number of halogens is 1. The van der Waals surface area contributed by atoms with Crippen molar-refractivity contribution >= 4 is 21.6 Å². The van der Waals surface area contributed by atoms with Crippen molar-refractivity contribution < 1.29 is 0 Å². The van der Waals surface area contributed by atoms with E-state index in [1.807, 2.05) is 18.7 Å². The Balaban J connectivity index is 1.78.